The molecule has 0 radical (unpaired) electrons. The summed E-state index contributed by atoms with van der Waals surface area (Å²) >= 11 is 0. The van der Waals surface area contributed by atoms with E-state index in [1.807, 2.05) is 42.5 Å². The van der Waals surface area contributed by atoms with Gasteiger partial charge in [0, 0.05) is 11.1 Å². The molecule has 5 nitrogen and oxygen atoms in total. The lowest BCUT2D eigenvalue weighted by Gasteiger charge is -2.17. The standard InChI is InChI=1S/C21H19NO4/c1-14(26-20-11-10-17(25-2)12-16(20)13-23)21(24)22-19-9-5-7-15-6-3-4-8-18(15)19/h3-14H,1-2H3,(H,22,24)/t14-/m0/s1. The van der Waals surface area contributed by atoms with Gasteiger partial charge in [0.2, 0.25) is 0 Å². The van der Waals surface area contributed by atoms with Gasteiger partial charge in [-0.25, -0.2) is 0 Å². The Hall–Kier alpha value is -3.34. The number of hydrogen-bond acceptors (Lipinski definition) is 4. The van der Waals surface area contributed by atoms with E-state index in [4.69, 9.17) is 9.47 Å². The molecule has 0 unspecified atom stereocenters. The van der Waals surface area contributed by atoms with Gasteiger partial charge in [-0.3, -0.25) is 9.59 Å². The monoisotopic (exact) mass is 349 g/mol. The first kappa shape index (κ1) is 17.5. The summed E-state index contributed by atoms with van der Waals surface area (Å²) in [4.78, 5) is 23.8. The van der Waals surface area contributed by atoms with Gasteiger partial charge in [-0.2, -0.15) is 0 Å². The van der Waals surface area contributed by atoms with Gasteiger partial charge in [0.1, 0.15) is 11.5 Å². The lowest BCUT2D eigenvalue weighted by atomic mass is 10.1. The summed E-state index contributed by atoms with van der Waals surface area (Å²) in [6.45, 7) is 1.64. The average Bonchev–Trinajstić information content (AvgIpc) is 2.68. The molecule has 3 aromatic carbocycles. The molecule has 26 heavy (non-hydrogen) atoms. The highest BCUT2D eigenvalue weighted by atomic mass is 16.5. The summed E-state index contributed by atoms with van der Waals surface area (Å²) in [6.07, 6.45) is -0.103. The SMILES string of the molecule is COc1ccc(O[C@@H](C)C(=O)Nc2cccc3ccccc23)c(C=O)c1. The van der Waals surface area contributed by atoms with Gasteiger partial charge in [0.15, 0.2) is 12.4 Å². The molecule has 0 aromatic heterocycles. The van der Waals surface area contributed by atoms with Gasteiger partial charge < -0.3 is 14.8 Å². The van der Waals surface area contributed by atoms with Crippen molar-refractivity contribution in [1.82, 2.24) is 0 Å². The number of carbonyl (C=O) groups is 2. The molecule has 1 amide bonds. The van der Waals surface area contributed by atoms with Crippen LogP contribution < -0.4 is 14.8 Å². The quantitative estimate of drug-likeness (QED) is 0.682. The summed E-state index contributed by atoms with van der Waals surface area (Å²) < 4.78 is 10.8. The number of methoxy groups -OCH3 is 1. The van der Waals surface area contributed by atoms with Crippen molar-refractivity contribution in [3.63, 3.8) is 0 Å². The normalized spacial score (nSPS) is 11.6. The highest BCUT2D eigenvalue weighted by Crippen LogP contribution is 2.25. The van der Waals surface area contributed by atoms with Crippen molar-refractivity contribution in [1.29, 1.82) is 0 Å². The molecule has 132 valence electrons. The minimum atomic E-state index is -0.777. The number of anilines is 1. The van der Waals surface area contributed by atoms with Crippen LogP contribution in [0.3, 0.4) is 0 Å². The minimum Gasteiger partial charge on any atom is -0.497 e. The molecule has 0 aliphatic carbocycles. The number of fused-ring (bicyclic) bond motifs is 1. The maximum atomic E-state index is 12.5. The number of carbonyl (C=O) groups excluding carboxylic acids is 2. The van der Waals surface area contributed by atoms with Crippen molar-refractivity contribution >= 4 is 28.7 Å². The Morgan fingerprint density at radius 1 is 1.08 bits per heavy atom. The highest BCUT2D eigenvalue weighted by Gasteiger charge is 2.17. The number of amides is 1. The molecular formula is C21H19NO4. The van der Waals surface area contributed by atoms with E-state index in [-0.39, 0.29) is 5.91 Å². The zero-order chi connectivity index (χ0) is 18.5. The van der Waals surface area contributed by atoms with Crippen LogP contribution in [0, 0.1) is 0 Å². The second-order valence-electron chi connectivity index (χ2n) is 5.80. The van der Waals surface area contributed by atoms with Crippen molar-refractivity contribution in [2.24, 2.45) is 0 Å². The van der Waals surface area contributed by atoms with Crippen LogP contribution in [-0.4, -0.2) is 25.4 Å². The number of nitrogens with one attached hydrogen (secondary N) is 1. The zero-order valence-electron chi connectivity index (χ0n) is 14.6. The first-order chi connectivity index (χ1) is 12.6. The molecule has 0 saturated heterocycles. The predicted molar refractivity (Wildman–Crippen MR) is 101 cm³/mol. The van der Waals surface area contributed by atoms with Gasteiger partial charge in [-0.15, -0.1) is 0 Å². The number of ether oxygens (including phenoxy) is 2. The largest absolute Gasteiger partial charge is 0.497 e. The lowest BCUT2D eigenvalue weighted by molar-refractivity contribution is -0.122. The topological polar surface area (TPSA) is 64.6 Å². The molecular weight excluding hydrogens is 330 g/mol. The van der Waals surface area contributed by atoms with E-state index in [1.54, 1.807) is 25.1 Å². The summed E-state index contributed by atoms with van der Waals surface area (Å²) in [5.74, 6) is 0.586. The van der Waals surface area contributed by atoms with Crippen molar-refractivity contribution in [2.75, 3.05) is 12.4 Å². The van der Waals surface area contributed by atoms with E-state index in [0.717, 1.165) is 10.8 Å². The summed E-state index contributed by atoms with van der Waals surface area (Å²) in [6, 6.07) is 18.4. The Morgan fingerprint density at radius 2 is 1.85 bits per heavy atom. The lowest BCUT2D eigenvalue weighted by Crippen LogP contribution is -2.30. The fourth-order valence-corrected chi connectivity index (χ4v) is 2.67. The van der Waals surface area contributed by atoms with Crippen molar-refractivity contribution in [2.45, 2.75) is 13.0 Å². The van der Waals surface area contributed by atoms with Gasteiger partial charge in [-0.05, 0) is 36.6 Å². The first-order valence-electron chi connectivity index (χ1n) is 8.21. The van der Waals surface area contributed by atoms with Gasteiger partial charge in [-0.1, -0.05) is 36.4 Å². The predicted octanol–water partition coefficient (Wildman–Crippen LogP) is 4.07. The maximum absolute atomic E-state index is 12.5. The number of aldehydes is 1. The Kier molecular flexibility index (Phi) is 5.17. The third kappa shape index (κ3) is 3.67. The van der Waals surface area contributed by atoms with Gasteiger partial charge >= 0.3 is 0 Å². The van der Waals surface area contributed by atoms with E-state index < -0.39 is 6.10 Å². The van der Waals surface area contributed by atoms with Crippen molar-refractivity contribution < 1.29 is 19.1 Å². The molecule has 0 fully saturated rings. The van der Waals surface area contributed by atoms with Crippen molar-refractivity contribution in [3.8, 4) is 11.5 Å². The van der Waals surface area contributed by atoms with Crippen LogP contribution in [0.1, 0.15) is 17.3 Å². The van der Waals surface area contributed by atoms with Gasteiger partial charge in [0.05, 0.1) is 12.7 Å². The molecule has 0 aliphatic heterocycles. The Balaban J connectivity index is 1.77. The minimum absolute atomic E-state index is 0.297. The summed E-state index contributed by atoms with van der Waals surface area (Å²) in [5.41, 5.74) is 1.04. The molecule has 1 N–H and O–H groups in total. The number of rotatable bonds is 6. The fourth-order valence-electron chi connectivity index (χ4n) is 2.67. The number of benzene rings is 3. The Morgan fingerprint density at radius 3 is 2.62 bits per heavy atom. The molecule has 0 aliphatic rings. The van der Waals surface area contributed by atoms with Crippen molar-refractivity contribution in [3.05, 3.63) is 66.2 Å². The second-order valence-corrected chi connectivity index (χ2v) is 5.80. The number of hydrogen-bond donors (Lipinski definition) is 1. The Labute approximate surface area is 151 Å². The molecule has 0 spiro atoms. The third-order valence-corrected chi connectivity index (χ3v) is 4.06. The summed E-state index contributed by atoms with van der Waals surface area (Å²) in [7, 11) is 1.52. The third-order valence-electron chi connectivity index (χ3n) is 4.06. The van der Waals surface area contributed by atoms with E-state index in [2.05, 4.69) is 5.32 Å². The van der Waals surface area contributed by atoms with E-state index in [9.17, 15) is 9.59 Å². The van der Waals surface area contributed by atoms with Crippen LogP contribution in [0.5, 0.6) is 11.5 Å². The average molecular weight is 349 g/mol. The molecule has 0 bridgehead atoms. The van der Waals surface area contributed by atoms with E-state index >= 15 is 0 Å². The van der Waals surface area contributed by atoms with Crippen LogP contribution in [0.4, 0.5) is 5.69 Å². The highest BCUT2D eigenvalue weighted by molar-refractivity contribution is 6.03. The molecule has 3 rings (SSSR count). The smallest absolute Gasteiger partial charge is 0.265 e. The Bertz CT molecular complexity index is 946. The maximum Gasteiger partial charge on any atom is 0.265 e. The van der Waals surface area contributed by atoms with Crippen LogP contribution in [0.25, 0.3) is 10.8 Å². The first-order valence-corrected chi connectivity index (χ1v) is 8.21. The molecule has 0 saturated carbocycles. The molecule has 0 heterocycles. The second kappa shape index (κ2) is 7.70. The van der Waals surface area contributed by atoms with E-state index in [1.165, 1.54) is 7.11 Å². The zero-order valence-corrected chi connectivity index (χ0v) is 14.6. The molecule has 3 aromatic rings. The molecule has 5 heteroatoms. The van der Waals surface area contributed by atoms with Crippen LogP contribution in [0.2, 0.25) is 0 Å². The van der Waals surface area contributed by atoms with Crippen LogP contribution >= 0.6 is 0 Å². The fraction of sp³-hybridized carbons (Fsp3) is 0.143. The van der Waals surface area contributed by atoms with E-state index in [0.29, 0.717) is 29.0 Å². The summed E-state index contributed by atoms with van der Waals surface area (Å²) in [5, 5.41) is 4.88. The van der Waals surface area contributed by atoms with Gasteiger partial charge in [0.25, 0.3) is 5.91 Å². The van der Waals surface area contributed by atoms with Crippen LogP contribution in [0.15, 0.2) is 60.7 Å². The van der Waals surface area contributed by atoms with Crippen LogP contribution in [-0.2, 0) is 4.79 Å². The molecule has 1 atom stereocenters.